The first kappa shape index (κ1) is 18.8. The number of benzene rings is 1. The number of rotatable bonds is 7. The summed E-state index contributed by atoms with van der Waals surface area (Å²) in [5.74, 6) is -0.224. The number of halogens is 1. The summed E-state index contributed by atoms with van der Waals surface area (Å²) in [6, 6.07) is 5.00. The molecule has 2 aromatic rings. The lowest BCUT2D eigenvalue weighted by atomic mass is 10.1. The summed E-state index contributed by atoms with van der Waals surface area (Å²) < 4.78 is 13.9. The topological polar surface area (TPSA) is 75.2 Å². The molecule has 0 aliphatic heterocycles. The van der Waals surface area contributed by atoms with Crippen LogP contribution in [0.3, 0.4) is 0 Å². The van der Waals surface area contributed by atoms with Gasteiger partial charge in [0.2, 0.25) is 16.9 Å². The highest BCUT2D eigenvalue weighted by Gasteiger charge is 2.34. The van der Waals surface area contributed by atoms with E-state index >= 15 is 0 Å². The molecule has 1 aromatic carbocycles. The van der Waals surface area contributed by atoms with Crippen molar-refractivity contribution in [1.82, 2.24) is 15.5 Å². The van der Waals surface area contributed by atoms with Crippen LogP contribution in [0, 0.1) is 12.7 Å². The second kappa shape index (κ2) is 8.13. The molecule has 1 fully saturated rings. The van der Waals surface area contributed by atoms with Gasteiger partial charge in [-0.25, -0.2) is 4.39 Å². The molecule has 1 saturated carbocycles. The van der Waals surface area contributed by atoms with Gasteiger partial charge in [0.05, 0.1) is 5.75 Å². The van der Waals surface area contributed by atoms with Gasteiger partial charge in [-0.3, -0.25) is 14.5 Å². The van der Waals surface area contributed by atoms with Crippen LogP contribution in [0.5, 0.6) is 0 Å². The van der Waals surface area contributed by atoms with Gasteiger partial charge in [0.25, 0.3) is 0 Å². The molecule has 0 bridgehead atoms. The van der Waals surface area contributed by atoms with E-state index in [9.17, 15) is 14.0 Å². The second-order valence-corrected chi connectivity index (χ2v) is 8.30. The third-order valence-corrected chi connectivity index (χ3v) is 5.95. The zero-order valence-corrected chi connectivity index (χ0v) is 16.1. The van der Waals surface area contributed by atoms with Gasteiger partial charge in [0.15, 0.2) is 4.34 Å². The van der Waals surface area contributed by atoms with Gasteiger partial charge in [0, 0.05) is 19.5 Å². The van der Waals surface area contributed by atoms with Gasteiger partial charge in [-0.05, 0) is 37.0 Å². The molecule has 1 N–H and O–H groups in total. The fraction of sp³-hybridized carbons (Fsp3) is 0.412. The summed E-state index contributed by atoms with van der Waals surface area (Å²) >= 11 is 2.61. The Balaban J connectivity index is 1.48. The first-order valence-electron chi connectivity index (χ1n) is 8.22. The molecule has 26 heavy (non-hydrogen) atoms. The number of amides is 2. The van der Waals surface area contributed by atoms with Crippen LogP contribution in [0.2, 0.25) is 0 Å². The van der Waals surface area contributed by atoms with Gasteiger partial charge >= 0.3 is 0 Å². The average Bonchev–Trinajstić information content (AvgIpc) is 3.31. The van der Waals surface area contributed by atoms with Crippen molar-refractivity contribution in [2.45, 2.75) is 43.6 Å². The molecule has 2 amide bonds. The molecule has 138 valence electrons. The number of hydrogen-bond donors (Lipinski definition) is 1. The predicted octanol–water partition coefficient (Wildman–Crippen LogP) is 2.91. The van der Waals surface area contributed by atoms with Crippen LogP contribution in [0.15, 0.2) is 22.5 Å². The van der Waals surface area contributed by atoms with E-state index in [0.29, 0.717) is 21.6 Å². The smallest absolute Gasteiger partial charge is 0.230 e. The summed E-state index contributed by atoms with van der Waals surface area (Å²) in [6.45, 7) is 3.56. The van der Waals surface area contributed by atoms with Crippen molar-refractivity contribution in [3.05, 3.63) is 35.1 Å². The lowest BCUT2D eigenvalue weighted by Gasteiger charge is -2.15. The van der Waals surface area contributed by atoms with Crippen LogP contribution in [-0.4, -0.2) is 33.8 Å². The lowest BCUT2D eigenvalue weighted by molar-refractivity contribution is -0.119. The molecule has 1 heterocycles. The van der Waals surface area contributed by atoms with E-state index in [2.05, 4.69) is 15.5 Å². The van der Waals surface area contributed by atoms with Crippen molar-refractivity contribution >= 4 is 40.0 Å². The van der Waals surface area contributed by atoms with E-state index in [1.807, 2.05) is 0 Å². The Morgan fingerprint density at radius 3 is 2.81 bits per heavy atom. The molecular formula is C17H19FN4O2S2. The van der Waals surface area contributed by atoms with Gasteiger partial charge in [-0.1, -0.05) is 35.2 Å². The Morgan fingerprint density at radius 2 is 2.15 bits per heavy atom. The fourth-order valence-corrected chi connectivity index (χ4v) is 4.22. The molecule has 9 heteroatoms. The number of nitrogens with zero attached hydrogens (tertiary/aromatic N) is 3. The number of nitrogens with one attached hydrogen (secondary N) is 1. The first-order valence-corrected chi connectivity index (χ1v) is 10.0. The minimum Gasteiger partial charge on any atom is -0.351 e. The molecule has 0 saturated heterocycles. The normalized spacial score (nSPS) is 13.5. The maximum Gasteiger partial charge on any atom is 0.230 e. The number of hydrogen-bond acceptors (Lipinski definition) is 6. The van der Waals surface area contributed by atoms with Crippen molar-refractivity contribution in [2.75, 3.05) is 10.7 Å². The molecular weight excluding hydrogens is 375 g/mol. The monoisotopic (exact) mass is 394 g/mol. The second-order valence-electron chi connectivity index (χ2n) is 6.12. The minimum absolute atomic E-state index is 0.0347. The standard InChI is InChI=1S/C17H19FN4O2S2/c1-10-7-12(3-6-14(10)18)8-19-15(24)9-25-17-21-20-16(26-17)22(11(2)23)13-4-5-13/h3,6-7,13H,4-5,8-9H2,1-2H3,(H,19,24). The SMILES string of the molecule is CC(=O)N(c1nnc(SCC(=O)NCc2ccc(F)c(C)c2)s1)C1CC1. The molecule has 6 nitrogen and oxygen atoms in total. The number of aryl methyl sites for hydroxylation is 1. The highest BCUT2D eigenvalue weighted by molar-refractivity contribution is 8.01. The Labute approximate surface area is 159 Å². The highest BCUT2D eigenvalue weighted by Crippen LogP contribution is 2.35. The van der Waals surface area contributed by atoms with E-state index in [1.54, 1.807) is 24.0 Å². The van der Waals surface area contributed by atoms with Crippen molar-refractivity contribution in [2.24, 2.45) is 0 Å². The summed E-state index contributed by atoms with van der Waals surface area (Å²) in [4.78, 5) is 25.4. The van der Waals surface area contributed by atoms with Crippen molar-refractivity contribution < 1.29 is 14.0 Å². The largest absolute Gasteiger partial charge is 0.351 e. The molecule has 1 aromatic heterocycles. The molecule has 0 spiro atoms. The summed E-state index contributed by atoms with van der Waals surface area (Å²) in [6.07, 6.45) is 1.99. The van der Waals surface area contributed by atoms with E-state index in [-0.39, 0.29) is 29.4 Å². The highest BCUT2D eigenvalue weighted by atomic mass is 32.2. The molecule has 0 atom stereocenters. The van der Waals surface area contributed by atoms with E-state index in [0.717, 1.165) is 18.4 Å². The lowest BCUT2D eigenvalue weighted by Crippen LogP contribution is -2.30. The van der Waals surface area contributed by atoms with Gasteiger partial charge in [-0.15, -0.1) is 10.2 Å². The number of anilines is 1. The van der Waals surface area contributed by atoms with E-state index < -0.39 is 0 Å². The number of carbonyl (C=O) groups is 2. The molecule has 0 unspecified atom stereocenters. The van der Waals surface area contributed by atoms with Crippen molar-refractivity contribution in [1.29, 1.82) is 0 Å². The zero-order chi connectivity index (χ0) is 18.7. The van der Waals surface area contributed by atoms with Crippen LogP contribution < -0.4 is 10.2 Å². The quantitative estimate of drug-likeness (QED) is 0.577. The van der Waals surface area contributed by atoms with Crippen LogP contribution in [0.1, 0.15) is 30.9 Å². The number of aromatic nitrogens is 2. The number of carbonyl (C=O) groups excluding carboxylic acids is 2. The van der Waals surface area contributed by atoms with Crippen LogP contribution in [0.4, 0.5) is 9.52 Å². The van der Waals surface area contributed by atoms with Gasteiger partial charge < -0.3 is 5.32 Å². The Bertz CT molecular complexity index is 823. The minimum atomic E-state index is -0.256. The zero-order valence-electron chi connectivity index (χ0n) is 14.5. The molecule has 0 radical (unpaired) electrons. The van der Waals surface area contributed by atoms with E-state index in [4.69, 9.17) is 0 Å². The third kappa shape index (κ3) is 4.79. The summed E-state index contributed by atoms with van der Waals surface area (Å²) in [7, 11) is 0. The van der Waals surface area contributed by atoms with Crippen molar-refractivity contribution in [3.63, 3.8) is 0 Å². The maximum absolute atomic E-state index is 13.2. The van der Waals surface area contributed by atoms with Crippen LogP contribution >= 0.6 is 23.1 Å². The Hall–Kier alpha value is -2.00. The fourth-order valence-electron chi connectivity index (χ4n) is 2.43. The third-order valence-electron chi connectivity index (χ3n) is 3.89. The molecule has 1 aliphatic rings. The predicted molar refractivity (Wildman–Crippen MR) is 99.8 cm³/mol. The van der Waals surface area contributed by atoms with Gasteiger partial charge in [0.1, 0.15) is 5.82 Å². The molecule has 3 rings (SSSR count). The maximum atomic E-state index is 13.2. The average molecular weight is 394 g/mol. The summed E-state index contributed by atoms with van der Waals surface area (Å²) in [5, 5.41) is 11.5. The van der Waals surface area contributed by atoms with E-state index in [1.165, 1.54) is 36.1 Å². The summed E-state index contributed by atoms with van der Waals surface area (Å²) in [5.41, 5.74) is 1.40. The van der Waals surface area contributed by atoms with Crippen LogP contribution in [0.25, 0.3) is 0 Å². The van der Waals surface area contributed by atoms with Gasteiger partial charge in [-0.2, -0.15) is 0 Å². The Morgan fingerprint density at radius 1 is 1.38 bits per heavy atom. The number of thioether (sulfide) groups is 1. The Kier molecular flexibility index (Phi) is 5.87. The molecule has 1 aliphatic carbocycles. The first-order chi connectivity index (χ1) is 12.4. The van der Waals surface area contributed by atoms with Crippen molar-refractivity contribution in [3.8, 4) is 0 Å². The van der Waals surface area contributed by atoms with Crippen LogP contribution in [-0.2, 0) is 16.1 Å².